The summed E-state index contributed by atoms with van der Waals surface area (Å²) in [6.07, 6.45) is -0.0314. The van der Waals surface area contributed by atoms with E-state index in [4.69, 9.17) is 45.3 Å². The summed E-state index contributed by atoms with van der Waals surface area (Å²) in [6, 6.07) is 3.35. The van der Waals surface area contributed by atoms with Gasteiger partial charge in [-0.25, -0.2) is 0 Å². The van der Waals surface area contributed by atoms with Crippen molar-refractivity contribution in [3.8, 4) is 0 Å². The summed E-state index contributed by atoms with van der Waals surface area (Å²) in [5.74, 6) is 0. The zero-order valence-corrected chi connectivity index (χ0v) is 10.5. The van der Waals surface area contributed by atoms with Crippen LogP contribution in [0.25, 0.3) is 0 Å². The predicted molar refractivity (Wildman–Crippen MR) is 64.8 cm³/mol. The molecule has 0 aliphatic rings. The quantitative estimate of drug-likeness (QED) is 0.848. The van der Waals surface area contributed by atoms with Crippen molar-refractivity contribution >= 4 is 34.8 Å². The van der Waals surface area contributed by atoms with Crippen LogP contribution < -0.4 is 5.73 Å². The Hall–Kier alpha value is 0.01000. The summed E-state index contributed by atoms with van der Waals surface area (Å²) in [4.78, 5) is 0. The average molecular weight is 269 g/mol. The average Bonchev–Trinajstić information content (AvgIpc) is 2.23. The standard InChI is InChI=1S/C10H12Cl3NO/c1-6(4-14)15-5-7-8(11)2-3-9(12)10(7)13/h2-3,6H,4-5,14H2,1H3. The van der Waals surface area contributed by atoms with E-state index in [2.05, 4.69) is 0 Å². The molecule has 1 atom stereocenters. The van der Waals surface area contributed by atoms with Crippen LogP contribution in [0, 0.1) is 0 Å². The van der Waals surface area contributed by atoms with Crippen molar-refractivity contribution in [2.75, 3.05) is 6.54 Å². The van der Waals surface area contributed by atoms with Crippen molar-refractivity contribution in [3.05, 3.63) is 32.8 Å². The Balaban J connectivity index is 2.80. The normalized spacial score (nSPS) is 12.9. The van der Waals surface area contributed by atoms with Crippen molar-refractivity contribution in [1.82, 2.24) is 0 Å². The van der Waals surface area contributed by atoms with Crippen LogP contribution in [0.3, 0.4) is 0 Å². The highest BCUT2D eigenvalue weighted by atomic mass is 35.5. The molecule has 0 bridgehead atoms. The predicted octanol–water partition coefficient (Wildman–Crippen LogP) is 3.51. The van der Waals surface area contributed by atoms with Gasteiger partial charge in [0.15, 0.2) is 0 Å². The van der Waals surface area contributed by atoms with Gasteiger partial charge in [-0.1, -0.05) is 34.8 Å². The lowest BCUT2D eigenvalue weighted by molar-refractivity contribution is 0.0591. The highest BCUT2D eigenvalue weighted by molar-refractivity contribution is 6.44. The Kier molecular flexibility index (Phi) is 5.16. The zero-order chi connectivity index (χ0) is 11.4. The van der Waals surface area contributed by atoms with Crippen LogP contribution in [0.15, 0.2) is 12.1 Å². The molecule has 1 rings (SSSR count). The molecule has 0 amide bonds. The lowest BCUT2D eigenvalue weighted by Gasteiger charge is -2.13. The van der Waals surface area contributed by atoms with E-state index in [0.717, 1.165) is 0 Å². The molecule has 84 valence electrons. The molecule has 0 spiro atoms. The topological polar surface area (TPSA) is 35.2 Å². The van der Waals surface area contributed by atoms with Crippen LogP contribution >= 0.6 is 34.8 Å². The van der Waals surface area contributed by atoms with E-state index in [1.807, 2.05) is 6.92 Å². The second kappa shape index (κ2) is 5.92. The molecule has 0 aliphatic heterocycles. The Labute approximate surface area is 104 Å². The largest absolute Gasteiger partial charge is 0.372 e. The molecule has 0 fully saturated rings. The summed E-state index contributed by atoms with van der Waals surface area (Å²) < 4.78 is 5.44. The Bertz CT molecular complexity index is 344. The number of hydrogen-bond acceptors (Lipinski definition) is 2. The first kappa shape index (κ1) is 13.1. The van der Waals surface area contributed by atoms with Crippen LogP contribution in [0.5, 0.6) is 0 Å². The molecule has 15 heavy (non-hydrogen) atoms. The fraction of sp³-hybridized carbons (Fsp3) is 0.400. The number of benzene rings is 1. The molecule has 1 aromatic carbocycles. The highest BCUT2D eigenvalue weighted by Crippen LogP contribution is 2.31. The lowest BCUT2D eigenvalue weighted by Crippen LogP contribution is -2.19. The van der Waals surface area contributed by atoms with Crippen molar-refractivity contribution in [1.29, 1.82) is 0 Å². The zero-order valence-electron chi connectivity index (χ0n) is 8.27. The first-order valence-corrected chi connectivity index (χ1v) is 5.63. The maximum absolute atomic E-state index is 6.00. The second-order valence-electron chi connectivity index (χ2n) is 3.18. The summed E-state index contributed by atoms with van der Waals surface area (Å²) in [5, 5.41) is 1.46. The number of rotatable bonds is 4. The highest BCUT2D eigenvalue weighted by Gasteiger charge is 2.10. The van der Waals surface area contributed by atoms with Gasteiger partial charge in [0.2, 0.25) is 0 Å². The van der Waals surface area contributed by atoms with Gasteiger partial charge >= 0.3 is 0 Å². The van der Waals surface area contributed by atoms with E-state index in [1.54, 1.807) is 12.1 Å². The van der Waals surface area contributed by atoms with Gasteiger partial charge in [0.1, 0.15) is 0 Å². The third-order valence-electron chi connectivity index (χ3n) is 1.98. The molecule has 0 aromatic heterocycles. The van der Waals surface area contributed by atoms with Gasteiger partial charge in [-0.3, -0.25) is 0 Å². The molecular weight excluding hydrogens is 256 g/mol. The third-order valence-corrected chi connectivity index (χ3v) is 3.18. The summed E-state index contributed by atoms with van der Waals surface area (Å²) in [5.41, 5.74) is 6.13. The van der Waals surface area contributed by atoms with Gasteiger partial charge in [-0.15, -0.1) is 0 Å². The fourth-order valence-electron chi connectivity index (χ4n) is 0.995. The van der Waals surface area contributed by atoms with Crippen molar-refractivity contribution in [2.45, 2.75) is 19.6 Å². The first-order valence-electron chi connectivity index (χ1n) is 4.50. The number of ether oxygens (including phenoxy) is 1. The van der Waals surface area contributed by atoms with Gasteiger partial charge in [0, 0.05) is 17.1 Å². The third kappa shape index (κ3) is 3.51. The molecule has 0 aliphatic carbocycles. The van der Waals surface area contributed by atoms with Gasteiger partial charge in [0.25, 0.3) is 0 Å². The molecule has 1 unspecified atom stereocenters. The van der Waals surface area contributed by atoms with Crippen LogP contribution in [0.2, 0.25) is 15.1 Å². The monoisotopic (exact) mass is 267 g/mol. The first-order chi connectivity index (χ1) is 7.06. The van der Waals surface area contributed by atoms with Crippen molar-refractivity contribution < 1.29 is 4.74 Å². The van der Waals surface area contributed by atoms with E-state index in [0.29, 0.717) is 33.8 Å². The second-order valence-corrected chi connectivity index (χ2v) is 4.37. The maximum Gasteiger partial charge on any atom is 0.0750 e. The van der Waals surface area contributed by atoms with Crippen LogP contribution in [-0.2, 0) is 11.3 Å². The fourth-order valence-corrected chi connectivity index (χ4v) is 1.65. The summed E-state index contributed by atoms with van der Waals surface area (Å²) >= 11 is 17.8. The van der Waals surface area contributed by atoms with Crippen LogP contribution in [-0.4, -0.2) is 12.6 Å². The minimum Gasteiger partial charge on any atom is -0.372 e. The molecule has 1 aromatic rings. The Morgan fingerprint density at radius 1 is 1.27 bits per heavy atom. The molecule has 0 heterocycles. The maximum atomic E-state index is 6.00. The van der Waals surface area contributed by atoms with Gasteiger partial charge in [0.05, 0.1) is 22.8 Å². The molecular formula is C10H12Cl3NO. The Morgan fingerprint density at radius 3 is 2.47 bits per heavy atom. The minimum absolute atomic E-state index is 0.0314. The van der Waals surface area contributed by atoms with E-state index in [9.17, 15) is 0 Å². The number of nitrogens with two attached hydrogens (primary N) is 1. The molecule has 2 nitrogen and oxygen atoms in total. The van der Waals surface area contributed by atoms with Crippen molar-refractivity contribution in [2.24, 2.45) is 5.73 Å². The van der Waals surface area contributed by atoms with E-state index >= 15 is 0 Å². The van der Waals surface area contributed by atoms with Crippen LogP contribution in [0.4, 0.5) is 0 Å². The van der Waals surface area contributed by atoms with Gasteiger partial charge in [-0.05, 0) is 19.1 Å². The van der Waals surface area contributed by atoms with Crippen LogP contribution in [0.1, 0.15) is 12.5 Å². The Morgan fingerprint density at radius 2 is 1.87 bits per heavy atom. The minimum atomic E-state index is -0.0314. The number of hydrogen-bond donors (Lipinski definition) is 1. The molecule has 0 radical (unpaired) electrons. The molecule has 2 N–H and O–H groups in total. The number of halogens is 3. The van der Waals surface area contributed by atoms with Gasteiger partial charge < -0.3 is 10.5 Å². The van der Waals surface area contributed by atoms with E-state index < -0.39 is 0 Å². The SMILES string of the molecule is CC(CN)OCc1c(Cl)ccc(Cl)c1Cl. The molecule has 0 saturated carbocycles. The molecule has 0 saturated heterocycles. The summed E-state index contributed by atoms with van der Waals surface area (Å²) in [7, 11) is 0. The van der Waals surface area contributed by atoms with E-state index in [1.165, 1.54) is 0 Å². The lowest BCUT2D eigenvalue weighted by atomic mass is 10.2. The molecule has 5 heteroatoms. The van der Waals surface area contributed by atoms with Gasteiger partial charge in [-0.2, -0.15) is 0 Å². The summed E-state index contributed by atoms with van der Waals surface area (Å²) in [6.45, 7) is 2.65. The van der Waals surface area contributed by atoms with E-state index in [-0.39, 0.29) is 6.10 Å². The smallest absolute Gasteiger partial charge is 0.0750 e. The van der Waals surface area contributed by atoms with Crippen molar-refractivity contribution in [3.63, 3.8) is 0 Å².